The number of hydrogen-bond acceptors (Lipinski definition) is 3. The zero-order valence-corrected chi connectivity index (χ0v) is 16.9. The molecule has 0 aliphatic heterocycles. The number of hydrogen-bond donors (Lipinski definition) is 3. The molecule has 0 heterocycles. The van der Waals surface area contributed by atoms with Gasteiger partial charge in [-0.1, -0.05) is 36.4 Å². The Morgan fingerprint density at radius 3 is 2.23 bits per heavy atom. The van der Waals surface area contributed by atoms with Gasteiger partial charge in [-0.05, 0) is 54.4 Å². The van der Waals surface area contributed by atoms with Crippen molar-refractivity contribution in [2.75, 3.05) is 10.6 Å². The second-order valence-electron chi connectivity index (χ2n) is 6.93. The zero-order valence-electron chi connectivity index (χ0n) is 16.9. The monoisotopic (exact) mass is 401 g/mol. The minimum Gasteiger partial charge on any atom is -0.352 e. The van der Waals surface area contributed by atoms with Gasteiger partial charge >= 0.3 is 0 Å². The van der Waals surface area contributed by atoms with E-state index < -0.39 is 0 Å². The molecule has 30 heavy (non-hydrogen) atoms. The van der Waals surface area contributed by atoms with Crippen LogP contribution < -0.4 is 16.0 Å². The average Bonchev–Trinajstić information content (AvgIpc) is 2.73. The molecule has 3 aromatic carbocycles. The largest absolute Gasteiger partial charge is 0.352 e. The Kier molecular flexibility index (Phi) is 6.60. The van der Waals surface area contributed by atoms with Gasteiger partial charge in [-0.2, -0.15) is 0 Å². The van der Waals surface area contributed by atoms with Crippen molar-refractivity contribution in [3.05, 3.63) is 95.1 Å². The Bertz CT molecular complexity index is 1080. The molecule has 152 valence electrons. The Hall–Kier alpha value is -3.93. The number of para-hydroxylation sites is 1. The fourth-order valence-corrected chi connectivity index (χ4v) is 2.91. The van der Waals surface area contributed by atoms with Crippen molar-refractivity contribution in [3.63, 3.8) is 0 Å². The van der Waals surface area contributed by atoms with Gasteiger partial charge < -0.3 is 16.0 Å². The van der Waals surface area contributed by atoms with Gasteiger partial charge in [0, 0.05) is 24.7 Å². The Balaban J connectivity index is 1.71. The molecule has 0 spiro atoms. The van der Waals surface area contributed by atoms with Gasteiger partial charge in [-0.15, -0.1) is 0 Å². The van der Waals surface area contributed by atoms with E-state index in [1.165, 1.54) is 6.92 Å². The third kappa shape index (κ3) is 5.54. The Labute approximate surface area is 175 Å². The van der Waals surface area contributed by atoms with Crippen molar-refractivity contribution >= 4 is 29.1 Å². The fraction of sp³-hybridized carbons (Fsp3) is 0.125. The zero-order chi connectivity index (χ0) is 21.5. The minimum absolute atomic E-state index is 0.114. The van der Waals surface area contributed by atoms with Crippen molar-refractivity contribution in [2.24, 2.45) is 0 Å². The van der Waals surface area contributed by atoms with E-state index in [0.717, 1.165) is 11.1 Å². The first-order valence-corrected chi connectivity index (χ1v) is 9.54. The smallest absolute Gasteiger partial charge is 0.257 e. The van der Waals surface area contributed by atoms with E-state index in [0.29, 0.717) is 29.0 Å². The van der Waals surface area contributed by atoms with Crippen molar-refractivity contribution in [1.82, 2.24) is 5.32 Å². The van der Waals surface area contributed by atoms with Crippen LogP contribution in [0.15, 0.2) is 72.8 Å². The van der Waals surface area contributed by atoms with Gasteiger partial charge in [0.2, 0.25) is 5.91 Å². The van der Waals surface area contributed by atoms with E-state index >= 15 is 0 Å². The third-order valence-corrected chi connectivity index (χ3v) is 4.45. The number of aryl methyl sites for hydroxylation is 1. The summed E-state index contributed by atoms with van der Waals surface area (Å²) in [5.74, 6) is -0.739. The maximum atomic E-state index is 12.7. The van der Waals surface area contributed by atoms with Gasteiger partial charge in [0.1, 0.15) is 0 Å². The standard InChI is InChI=1S/C24H23N3O3/c1-16-6-5-7-20(14-16)26-24(30)21-8-3-4-9-22(21)27-23(29)19-12-10-18(11-13-19)15-25-17(2)28/h3-14H,15H2,1-2H3,(H,25,28)(H,26,30)(H,27,29). The van der Waals surface area contributed by atoms with E-state index in [1.807, 2.05) is 31.2 Å². The summed E-state index contributed by atoms with van der Waals surface area (Å²) < 4.78 is 0. The van der Waals surface area contributed by atoms with Crippen LogP contribution in [0.2, 0.25) is 0 Å². The number of amides is 3. The molecule has 0 radical (unpaired) electrons. The second-order valence-corrected chi connectivity index (χ2v) is 6.93. The predicted molar refractivity (Wildman–Crippen MR) is 117 cm³/mol. The second kappa shape index (κ2) is 9.52. The molecule has 6 nitrogen and oxygen atoms in total. The molecular weight excluding hydrogens is 378 g/mol. The van der Waals surface area contributed by atoms with Gasteiger partial charge in [0.25, 0.3) is 11.8 Å². The van der Waals surface area contributed by atoms with Crippen molar-refractivity contribution in [2.45, 2.75) is 20.4 Å². The topological polar surface area (TPSA) is 87.3 Å². The molecule has 0 unspecified atom stereocenters. The number of benzene rings is 3. The Morgan fingerprint density at radius 2 is 1.53 bits per heavy atom. The quantitative estimate of drug-likeness (QED) is 0.580. The summed E-state index contributed by atoms with van der Waals surface area (Å²) in [5.41, 5.74) is 3.87. The highest BCUT2D eigenvalue weighted by Gasteiger charge is 2.14. The molecule has 0 fully saturated rings. The molecule has 0 aliphatic rings. The maximum absolute atomic E-state index is 12.7. The van der Waals surface area contributed by atoms with Crippen LogP contribution in [0.3, 0.4) is 0 Å². The summed E-state index contributed by atoms with van der Waals surface area (Å²) in [7, 11) is 0. The molecule has 0 bridgehead atoms. The lowest BCUT2D eigenvalue weighted by molar-refractivity contribution is -0.119. The first kappa shape index (κ1) is 20.8. The van der Waals surface area contributed by atoms with Crippen LogP contribution in [0.25, 0.3) is 0 Å². The van der Waals surface area contributed by atoms with E-state index in [-0.39, 0.29) is 17.7 Å². The summed E-state index contributed by atoms with van der Waals surface area (Å²) >= 11 is 0. The SMILES string of the molecule is CC(=O)NCc1ccc(C(=O)Nc2ccccc2C(=O)Nc2cccc(C)c2)cc1. The number of nitrogens with one attached hydrogen (secondary N) is 3. The van der Waals surface area contributed by atoms with Gasteiger partial charge in [0.15, 0.2) is 0 Å². The van der Waals surface area contributed by atoms with Crippen LogP contribution >= 0.6 is 0 Å². The summed E-state index contributed by atoms with van der Waals surface area (Å²) in [6.45, 7) is 3.80. The first-order valence-electron chi connectivity index (χ1n) is 9.54. The van der Waals surface area contributed by atoms with Crippen molar-refractivity contribution in [3.8, 4) is 0 Å². The van der Waals surface area contributed by atoms with Crippen LogP contribution in [-0.4, -0.2) is 17.7 Å². The van der Waals surface area contributed by atoms with Crippen molar-refractivity contribution in [1.29, 1.82) is 0 Å². The van der Waals surface area contributed by atoms with Crippen molar-refractivity contribution < 1.29 is 14.4 Å². The molecular formula is C24H23N3O3. The first-order chi connectivity index (χ1) is 14.4. The van der Waals surface area contributed by atoms with Crippen LogP contribution in [0.4, 0.5) is 11.4 Å². The average molecular weight is 401 g/mol. The molecule has 0 aromatic heterocycles. The summed E-state index contributed by atoms with van der Waals surface area (Å²) in [5, 5.41) is 8.37. The molecule has 0 aliphatic carbocycles. The molecule has 3 rings (SSSR count). The highest BCUT2D eigenvalue weighted by atomic mass is 16.2. The normalized spacial score (nSPS) is 10.2. The highest BCUT2D eigenvalue weighted by Crippen LogP contribution is 2.19. The van der Waals surface area contributed by atoms with Gasteiger partial charge in [0.05, 0.1) is 11.3 Å². The molecule has 3 aromatic rings. The molecule has 0 saturated carbocycles. The van der Waals surface area contributed by atoms with E-state index in [4.69, 9.17) is 0 Å². The minimum atomic E-state index is -0.322. The summed E-state index contributed by atoms with van der Waals surface area (Å²) in [6, 6.07) is 21.3. The van der Waals surface area contributed by atoms with E-state index in [9.17, 15) is 14.4 Å². The molecule has 3 N–H and O–H groups in total. The molecule has 0 atom stereocenters. The highest BCUT2D eigenvalue weighted by molar-refractivity contribution is 6.12. The fourth-order valence-electron chi connectivity index (χ4n) is 2.91. The molecule has 3 amide bonds. The number of carbonyl (C=O) groups is 3. The Morgan fingerprint density at radius 1 is 0.800 bits per heavy atom. The van der Waals surface area contributed by atoms with Gasteiger partial charge in [-0.25, -0.2) is 0 Å². The predicted octanol–water partition coefficient (Wildman–Crippen LogP) is 4.14. The van der Waals surface area contributed by atoms with Crippen LogP contribution in [-0.2, 0) is 11.3 Å². The van der Waals surface area contributed by atoms with Crippen LogP contribution in [0.1, 0.15) is 38.8 Å². The van der Waals surface area contributed by atoms with E-state index in [2.05, 4.69) is 16.0 Å². The summed E-state index contributed by atoms with van der Waals surface area (Å²) in [4.78, 5) is 36.4. The van der Waals surface area contributed by atoms with E-state index in [1.54, 1.807) is 48.5 Å². The van der Waals surface area contributed by atoms with Crippen LogP contribution in [0.5, 0.6) is 0 Å². The maximum Gasteiger partial charge on any atom is 0.257 e. The van der Waals surface area contributed by atoms with Crippen LogP contribution in [0, 0.1) is 6.92 Å². The lowest BCUT2D eigenvalue weighted by Crippen LogP contribution is -2.19. The number of carbonyl (C=O) groups excluding carboxylic acids is 3. The molecule has 6 heteroatoms. The third-order valence-electron chi connectivity index (χ3n) is 4.45. The summed E-state index contributed by atoms with van der Waals surface area (Å²) in [6.07, 6.45) is 0. The van der Waals surface area contributed by atoms with Gasteiger partial charge in [-0.3, -0.25) is 14.4 Å². The lowest BCUT2D eigenvalue weighted by Gasteiger charge is -2.12. The number of rotatable bonds is 6. The molecule has 0 saturated heterocycles. The number of anilines is 2. The lowest BCUT2D eigenvalue weighted by atomic mass is 10.1.